The molecule has 29 heteroatoms. The number of hydrogen-bond donors (Lipinski definition) is 9. The van der Waals surface area contributed by atoms with Crippen LogP contribution in [0, 0.1) is 51.4 Å². The average Bonchev–Trinajstić information content (AvgIpc) is 1.55. The van der Waals surface area contributed by atoms with Crippen molar-refractivity contribution in [3.05, 3.63) is 38.0 Å². The number of methoxy groups -OCH3 is 4. The Morgan fingerprint density at radius 3 is 2.28 bits per heavy atom. The number of carbonyl (C=O) groups excluding carboxylic acids is 3. The van der Waals surface area contributed by atoms with Crippen molar-refractivity contribution in [2.45, 2.75) is 214 Å². The van der Waals surface area contributed by atoms with Gasteiger partial charge in [-0.05, 0) is 102 Å². The van der Waals surface area contributed by atoms with Crippen LogP contribution in [0.5, 0.6) is 17.2 Å². The monoisotopic (exact) mass is 1480 g/mol. The highest BCUT2D eigenvalue weighted by Crippen LogP contribution is 2.70. The summed E-state index contributed by atoms with van der Waals surface area (Å²) in [5.41, 5.74) is 1.15. The number of carboxylic acid groups (broad SMARTS) is 1. The summed E-state index contributed by atoms with van der Waals surface area (Å²) in [6.45, 7) is 17.5. The minimum Gasteiger partial charge on any atom is -0.492 e. The molecule has 3 aliphatic carbocycles. The van der Waals surface area contributed by atoms with Gasteiger partial charge in [0, 0.05) is 80.9 Å². The molecule has 2 saturated carbocycles. The number of carbonyl (C=O) groups is 4. The Labute approximate surface area is 569 Å². The van der Waals surface area contributed by atoms with Crippen molar-refractivity contribution in [2.75, 3.05) is 60.4 Å². The van der Waals surface area contributed by atoms with Crippen LogP contribution in [0.1, 0.15) is 103 Å². The number of hydrogen-bond acceptors (Lipinski definition) is 27. The van der Waals surface area contributed by atoms with Gasteiger partial charge in [-0.3, -0.25) is 19.2 Å². The molecule has 1 aromatic carbocycles. The highest BCUT2D eigenvalue weighted by molar-refractivity contribution is 14.1. The molecule has 0 radical (unpaired) electrons. The van der Waals surface area contributed by atoms with Crippen LogP contribution in [-0.2, 0) is 57.1 Å². The zero-order valence-corrected chi connectivity index (χ0v) is 59.2. The predicted octanol–water partition coefficient (Wildman–Crippen LogP) is 3.75. The summed E-state index contributed by atoms with van der Waals surface area (Å²) in [7, 11) is 8.75. The fourth-order valence-electron chi connectivity index (χ4n) is 13.3. The lowest BCUT2D eigenvalue weighted by molar-refractivity contribution is -0.342. The molecule has 93 heavy (non-hydrogen) atoms. The van der Waals surface area contributed by atoms with E-state index in [1.165, 1.54) is 39.0 Å². The first-order chi connectivity index (χ1) is 44.1. The molecule has 0 aromatic heterocycles. The first-order valence-corrected chi connectivity index (χ1v) is 35.4. The van der Waals surface area contributed by atoms with Crippen LogP contribution in [0.4, 0.5) is 0 Å². The normalized spacial score (nSPS) is 37.6. The molecule has 9 N–H and O–H groups in total. The number of hydroxylamine groups is 1. The van der Waals surface area contributed by atoms with E-state index in [2.05, 4.69) is 39.8 Å². The third-order valence-corrected chi connectivity index (χ3v) is 23.9. The number of carboxylic acids is 1. The maximum absolute atomic E-state index is 14.5. The molecule has 4 aliphatic heterocycles. The number of aliphatic hydroxyl groups is 5. The molecule has 0 amide bonds. The zero-order valence-electron chi connectivity index (χ0n) is 54.6. The van der Waals surface area contributed by atoms with Crippen LogP contribution in [0.25, 0.3) is 0 Å². The first kappa shape index (κ1) is 75.6. The van der Waals surface area contributed by atoms with E-state index in [0.29, 0.717) is 45.7 Å². The third-order valence-electron chi connectivity index (χ3n) is 18.0. The largest absolute Gasteiger partial charge is 0.492 e. The Morgan fingerprint density at radius 2 is 1.62 bits per heavy atom. The second-order valence-electron chi connectivity index (χ2n) is 25.0. The smallest absolute Gasteiger partial charge is 0.304 e. The Morgan fingerprint density at radius 1 is 0.903 bits per heavy atom. The number of rotatable bonds is 28. The van der Waals surface area contributed by atoms with Crippen LogP contribution in [-0.4, -0.2) is 234 Å². The van der Waals surface area contributed by atoms with Gasteiger partial charge in [0.2, 0.25) is 17.2 Å². The van der Waals surface area contributed by atoms with Crippen LogP contribution in [0.15, 0.2) is 23.3 Å². The zero-order chi connectivity index (χ0) is 68.0. The van der Waals surface area contributed by atoms with Crippen LogP contribution in [0.3, 0.4) is 0 Å². The minimum absolute atomic E-state index is 0.0188. The lowest BCUT2D eigenvalue weighted by Gasteiger charge is -2.60. The van der Waals surface area contributed by atoms with Crippen LogP contribution in [0.2, 0.25) is 0 Å². The van der Waals surface area contributed by atoms with Crippen LogP contribution >= 0.6 is 55.9 Å². The fourth-order valence-corrected chi connectivity index (χ4v) is 17.4. The second kappa shape index (κ2) is 32.6. The highest BCUT2D eigenvalue weighted by atomic mass is 127. The van der Waals surface area contributed by atoms with Crippen molar-refractivity contribution in [3.8, 4) is 40.9 Å². The molecule has 6 fully saturated rings. The second-order valence-corrected chi connectivity index (χ2v) is 30.3. The molecule has 3 unspecified atom stereocenters. The van der Waals surface area contributed by atoms with Gasteiger partial charge in [0.15, 0.2) is 30.4 Å². The summed E-state index contributed by atoms with van der Waals surface area (Å²) in [6, 6.07) is -1.24. The Kier molecular flexibility index (Phi) is 26.5. The highest BCUT2D eigenvalue weighted by Gasteiger charge is 2.78. The van der Waals surface area contributed by atoms with Gasteiger partial charge in [0.05, 0.1) is 89.6 Å². The number of aliphatic hydroxyl groups excluding tert-OH is 4. The number of thioether (sulfide) groups is 1. The molecule has 8 rings (SSSR count). The lowest BCUT2D eigenvalue weighted by atomic mass is 9.44. The van der Waals surface area contributed by atoms with E-state index in [1.54, 1.807) is 58.6 Å². The summed E-state index contributed by atoms with van der Waals surface area (Å²) in [5.74, 6) is 9.91. The molecule has 1 aromatic rings. The van der Waals surface area contributed by atoms with Gasteiger partial charge in [-0.1, -0.05) is 70.0 Å². The van der Waals surface area contributed by atoms with Crippen LogP contribution < -0.4 is 30.3 Å². The van der Waals surface area contributed by atoms with Gasteiger partial charge < -0.3 is 98.2 Å². The van der Waals surface area contributed by atoms with Gasteiger partial charge in [-0.2, -0.15) is 5.48 Å². The Hall–Kier alpha value is -3.20. The summed E-state index contributed by atoms with van der Waals surface area (Å²) in [4.78, 5) is 59.2. The number of ketones is 2. The first-order valence-electron chi connectivity index (χ1n) is 31.1. The van der Waals surface area contributed by atoms with Gasteiger partial charge in [-0.25, -0.2) is 0 Å². The number of benzene rings is 1. The van der Waals surface area contributed by atoms with Crippen molar-refractivity contribution in [1.82, 2.24) is 16.1 Å². The van der Waals surface area contributed by atoms with E-state index in [1.807, 2.05) is 49.4 Å². The predicted molar refractivity (Wildman–Crippen MR) is 352 cm³/mol. The van der Waals surface area contributed by atoms with E-state index >= 15 is 0 Å². The van der Waals surface area contributed by atoms with Gasteiger partial charge in [0.25, 0.3) is 0 Å². The van der Waals surface area contributed by atoms with Crippen molar-refractivity contribution >= 4 is 78.6 Å². The SMILES string of the molecule is CCN[C@H]1CO[C@@H](O[C@H]2[C@H](O[C@H]3C#C/C=C(/C)C#CC45C(CC(C)=O)C(=O)C[C@]4(O)/C(=C/CSSC(C)(C)CNCCC(=O)O)C35)O[C@H](C)[C@@H](NO[C@H]3C[C@H](O)[C@H](SC(=O)c4c(C)c(I)c(O[C@@H]5O[C@@H](C)[C@H](O)[C@@H](OC)[C@H]5O)c(OC)c4OC)[C@@H](C)O3)[C@@H]2O)C[C@@H]1OC. The number of Topliss-reactive ketones (excluding diaryl/α,β-unsaturated/α-hetero) is 2. The molecule has 1 spiro atoms. The molecule has 25 nitrogen and oxygen atoms in total. The molecule has 4 heterocycles. The van der Waals surface area contributed by atoms with E-state index in [4.69, 9.17) is 62.0 Å². The number of nitrogens with one attached hydrogen (secondary N) is 3. The minimum atomic E-state index is -1.81. The van der Waals surface area contributed by atoms with Gasteiger partial charge in [-0.15, -0.1) is 0 Å². The molecular weight excluding hydrogens is 1390 g/mol. The van der Waals surface area contributed by atoms with E-state index in [0.717, 1.165) is 11.8 Å². The van der Waals surface area contributed by atoms with Crippen molar-refractivity contribution in [1.29, 1.82) is 0 Å². The van der Waals surface area contributed by atoms with E-state index < -0.39 is 131 Å². The maximum atomic E-state index is 14.5. The maximum Gasteiger partial charge on any atom is 0.304 e. The standard InChI is InChI=1S/C64H90IN3O22S3/c1-14-67-38-28-83-44(26-42(38)79-10)88-56-51(75)49(68-90-45-25-39(70)58(35(7)84-45)92-59(77)46-32(4)48(65)54(57(82-13)53(46)80-11)89-60-52(76)55(81-12)50(74)34(6)86-60)33(5)85-61(56)87-41-17-15-16-30(2)18-21-63-37(24-31(3)69)40(71)27-64(63,78)36(47(41)63)20-23-91-93-62(8,9)29-66-22-19-43(72)73/h16,20,33-35,37-39,41-42,44-45,47,49-52,55-56,58,60-61,66-68,70,74-76,78H,14,19,22-29H2,1-13H3,(H,72,73)/b30-16-,36-20+/t33-,34+,35-,37?,38+,39+,41+,42+,44+,45+,47?,49-,50+,51+,52-,55-,56-,58-,60+,61+,63?,64+/m1/s1. The summed E-state index contributed by atoms with van der Waals surface area (Å²) < 4.78 is 68.1. The fraction of sp³-hybridized carbons (Fsp3) is 0.719. The average molecular weight is 1480 g/mol. The molecule has 4 saturated heterocycles. The Bertz CT molecular complexity index is 3040. The van der Waals surface area contributed by atoms with Gasteiger partial charge in [0.1, 0.15) is 53.8 Å². The molecule has 22 atom stereocenters. The molecular formula is C64H90IN3O22S3. The topological polar surface area (TPSA) is 337 Å². The number of aliphatic carboxylic acids is 1. The number of ether oxygens (including phenoxy) is 11. The quantitative estimate of drug-likeness (QED) is 0.0144. The van der Waals surface area contributed by atoms with Gasteiger partial charge >= 0.3 is 5.97 Å². The third kappa shape index (κ3) is 16.4. The lowest BCUT2D eigenvalue weighted by Crippen LogP contribution is -2.69. The molecule has 518 valence electrons. The van der Waals surface area contributed by atoms with Crippen molar-refractivity contribution < 1.29 is 107 Å². The summed E-state index contributed by atoms with van der Waals surface area (Å²) >= 11 is 2.84. The Balaban J connectivity index is 1.02. The van der Waals surface area contributed by atoms with Crippen molar-refractivity contribution in [3.63, 3.8) is 0 Å². The molecule has 0 bridgehead atoms. The van der Waals surface area contributed by atoms with Crippen molar-refractivity contribution in [2.24, 2.45) is 17.3 Å². The number of likely N-dealkylation sites (N-methyl/N-ethyl adjacent to an activating group) is 1. The number of allylic oxidation sites excluding steroid dienone is 2. The molecule has 7 aliphatic rings. The summed E-state index contributed by atoms with van der Waals surface area (Å²) in [6.07, 6.45) is -13.4. The van der Waals surface area contributed by atoms with E-state index in [-0.39, 0.29) is 90.0 Å². The summed E-state index contributed by atoms with van der Waals surface area (Å²) in [5, 5.41) is 73.6. The van der Waals surface area contributed by atoms with E-state index in [9.17, 15) is 44.7 Å². The number of halogens is 1.